The lowest BCUT2D eigenvalue weighted by atomic mass is 10.0. The molecule has 290 valence electrons. The number of carbonyl (C=O) groups is 2. The molecule has 4 N–H and O–H groups in total. The average molecular weight is 701 g/mol. The Kier molecular flexibility index (Phi) is 31.5. The van der Waals surface area contributed by atoms with Gasteiger partial charge in [-0.05, 0) is 49.7 Å². The highest BCUT2D eigenvalue weighted by Gasteiger charge is 2.08. The predicted octanol–water partition coefficient (Wildman–Crippen LogP) is 11.4. The molecule has 0 bridgehead atoms. The number of hydrogen-bond acceptors (Lipinski definition) is 4. The van der Waals surface area contributed by atoms with E-state index in [4.69, 9.17) is 0 Å². The third-order valence-electron chi connectivity index (χ3n) is 10.1. The van der Waals surface area contributed by atoms with Crippen molar-refractivity contribution in [2.75, 3.05) is 0 Å². The Balaban J connectivity index is 2.02. The minimum atomic E-state index is -0.243. The molecule has 0 radical (unpaired) electrons. The normalized spacial score (nSPS) is 12.6. The zero-order valence-corrected chi connectivity index (χ0v) is 32.8. The third-order valence-corrected chi connectivity index (χ3v) is 10.1. The quantitative estimate of drug-likeness (QED) is 0.0524. The van der Waals surface area contributed by atoms with Crippen molar-refractivity contribution in [2.24, 2.45) is 0 Å². The largest absolute Gasteiger partial charge is 0.393 e. The number of benzene rings is 1. The third kappa shape index (κ3) is 29.8. The van der Waals surface area contributed by atoms with Gasteiger partial charge in [-0.2, -0.15) is 0 Å². The van der Waals surface area contributed by atoms with E-state index in [2.05, 4.69) is 24.5 Å². The van der Waals surface area contributed by atoms with Crippen molar-refractivity contribution in [3.05, 3.63) is 35.4 Å². The molecule has 2 amide bonds. The highest BCUT2D eigenvalue weighted by molar-refractivity contribution is 5.76. The molecule has 0 aliphatic rings. The van der Waals surface area contributed by atoms with E-state index < -0.39 is 0 Å². The molecule has 0 heterocycles. The van der Waals surface area contributed by atoms with Crippen molar-refractivity contribution in [3.63, 3.8) is 0 Å². The van der Waals surface area contributed by atoms with Crippen molar-refractivity contribution in [1.29, 1.82) is 0 Å². The molecule has 0 spiro atoms. The summed E-state index contributed by atoms with van der Waals surface area (Å²) in [6, 6.07) is 8.00. The summed E-state index contributed by atoms with van der Waals surface area (Å²) in [7, 11) is 0. The van der Waals surface area contributed by atoms with E-state index in [9.17, 15) is 19.8 Å². The average Bonchev–Trinajstić information content (AvgIpc) is 3.12. The lowest BCUT2D eigenvalue weighted by Crippen LogP contribution is -2.23. The molecule has 1 aromatic carbocycles. The SMILES string of the molecule is CCCCCCCCCCCCC(O)CCCCC(=O)NCc1cccc(CNC(=O)CCCCC(O)CCCCCCCCCCCC)c1. The highest BCUT2D eigenvalue weighted by atomic mass is 16.3. The highest BCUT2D eigenvalue weighted by Crippen LogP contribution is 2.16. The number of amides is 2. The van der Waals surface area contributed by atoms with E-state index in [1.807, 2.05) is 24.3 Å². The van der Waals surface area contributed by atoms with Crippen LogP contribution in [0.3, 0.4) is 0 Å². The molecule has 0 fully saturated rings. The Labute approximate surface area is 308 Å². The van der Waals surface area contributed by atoms with Gasteiger partial charge in [0.1, 0.15) is 0 Å². The molecule has 50 heavy (non-hydrogen) atoms. The second-order valence-electron chi connectivity index (χ2n) is 15.1. The molecule has 2 unspecified atom stereocenters. The molecule has 0 aliphatic heterocycles. The summed E-state index contributed by atoms with van der Waals surface area (Å²) < 4.78 is 0. The van der Waals surface area contributed by atoms with Crippen LogP contribution in [0.25, 0.3) is 0 Å². The first-order chi connectivity index (χ1) is 24.4. The van der Waals surface area contributed by atoms with Gasteiger partial charge >= 0.3 is 0 Å². The van der Waals surface area contributed by atoms with Gasteiger partial charge < -0.3 is 20.8 Å². The van der Waals surface area contributed by atoms with Crippen LogP contribution in [0.1, 0.15) is 218 Å². The summed E-state index contributed by atoms with van der Waals surface area (Å²) in [5.74, 6) is 0.0861. The molecule has 6 heteroatoms. The summed E-state index contributed by atoms with van der Waals surface area (Å²) in [5.41, 5.74) is 2.04. The van der Waals surface area contributed by atoms with Gasteiger partial charge in [0.05, 0.1) is 12.2 Å². The Morgan fingerprint density at radius 2 is 0.780 bits per heavy atom. The van der Waals surface area contributed by atoms with Gasteiger partial charge in [0.15, 0.2) is 0 Å². The first-order valence-corrected chi connectivity index (χ1v) is 21.4. The van der Waals surface area contributed by atoms with Crippen molar-refractivity contribution in [3.8, 4) is 0 Å². The second kappa shape index (κ2) is 34.2. The van der Waals surface area contributed by atoms with Crippen molar-refractivity contribution in [2.45, 2.75) is 232 Å². The number of carbonyl (C=O) groups excluding carboxylic acids is 2. The van der Waals surface area contributed by atoms with Crippen molar-refractivity contribution >= 4 is 11.8 Å². The summed E-state index contributed by atoms with van der Waals surface area (Å²) in [6.07, 6.45) is 33.3. The van der Waals surface area contributed by atoms with E-state index in [-0.39, 0.29) is 24.0 Å². The van der Waals surface area contributed by atoms with Crippen LogP contribution in [0.2, 0.25) is 0 Å². The Morgan fingerprint density at radius 1 is 0.480 bits per heavy atom. The molecule has 0 aromatic heterocycles. The van der Waals surface area contributed by atoms with Gasteiger partial charge in [-0.15, -0.1) is 0 Å². The second-order valence-corrected chi connectivity index (χ2v) is 15.1. The summed E-state index contributed by atoms with van der Waals surface area (Å²) in [4.78, 5) is 24.8. The molecule has 1 aromatic rings. The molecule has 0 aliphatic carbocycles. The van der Waals surface area contributed by atoms with Gasteiger partial charge in [0, 0.05) is 25.9 Å². The van der Waals surface area contributed by atoms with Crippen molar-refractivity contribution in [1.82, 2.24) is 10.6 Å². The Hall–Kier alpha value is -1.92. The maximum Gasteiger partial charge on any atom is 0.220 e. The minimum Gasteiger partial charge on any atom is -0.393 e. The lowest BCUT2D eigenvalue weighted by molar-refractivity contribution is -0.122. The van der Waals surface area contributed by atoms with Crippen LogP contribution in [-0.4, -0.2) is 34.2 Å². The number of aliphatic hydroxyl groups is 2. The standard InChI is InChI=1S/C44H80N2O4/c1-3-5-7-9-11-13-15-17-19-21-30-41(47)32-23-25-34-43(49)45-37-39-28-27-29-40(36-39)38-46-44(50)35-26-24-33-42(48)31-22-20-18-16-14-12-10-8-6-4-2/h27-29,36,41-42,47-48H,3-26,30-35,37-38H2,1-2H3,(H,45,49)(H,46,50). The van der Waals surface area contributed by atoms with Crippen LogP contribution in [0.5, 0.6) is 0 Å². The minimum absolute atomic E-state index is 0.0431. The lowest BCUT2D eigenvalue weighted by Gasteiger charge is -2.11. The van der Waals surface area contributed by atoms with Gasteiger partial charge in [-0.25, -0.2) is 0 Å². The molecule has 2 atom stereocenters. The molecular formula is C44H80N2O4. The first kappa shape index (κ1) is 46.1. The van der Waals surface area contributed by atoms with Crippen LogP contribution < -0.4 is 10.6 Å². The van der Waals surface area contributed by atoms with Crippen LogP contribution in [0, 0.1) is 0 Å². The smallest absolute Gasteiger partial charge is 0.220 e. The topological polar surface area (TPSA) is 98.7 Å². The van der Waals surface area contributed by atoms with Crippen LogP contribution in [0.15, 0.2) is 24.3 Å². The fourth-order valence-electron chi connectivity index (χ4n) is 6.78. The number of nitrogens with one attached hydrogen (secondary N) is 2. The van der Waals surface area contributed by atoms with E-state index in [0.29, 0.717) is 25.9 Å². The van der Waals surface area contributed by atoms with Gasteiger partial charge in [0.25, 0.3) is 0 Å². The van der Waals surface area contributed by atoms with E-state index >= 15 is 0 Å². The molecule has 0 saturated heterocycles. The van der Waals surface area contributed by atoms with Gasteiger partial charge in [-0.1, -0.05) is 179 Å². The Bertz CT molecular complexity index is 854. The molecule has 6 nitrogen and oxygen atoms in total. The maximum atomic E-state index is 12.4. The zero-order valence-electron chi connectivity index (χ0n) is 32.8. The predicted molar refractivity (Wildman–Crippen MR) is 212 cm³/mol. The number of aliphatic hydroxyl groups excluding tert-OH is 2. The maximum absolute atomic E-state index is 12.4. The van der Waals surface area contributed by atoms with Crippen LogP contribution >= 0.6 is 0 Å². The number of hydrogen-bond donors (Lipinski definition) is 4. The summed E-state index contributed by atoms with van der Waals surface area (Å²) in [5, 5.41) is 26.6. The number of rotatable bonds is 36. The number of unbranched alkanes of at least 4 members (excludes halogenated alkanes) is 20. The van der Waals surface area contributed by atoms with Gasteiger partial charge in [0.2, 0.25) is 11.8 Å². The molecule has 1 rings (SSSR count). The van der Waals surface area contributed by atoms with Crippen LogP contribution in [-0.2, 0) is 22.7 Å². The first-order valence-electron chi connectivity index (χ1n) is 21.4. The van der Waals surface area contributed by atoms with Crippen molar-refractivity contribution < 1.29 is 19.8 Å². The van der Waals surface area contributed by atoms with E-state index in [1.54, 1.807) is 0 Å². The monoisotopic (exact) mass is 701 g/mol. The molecular weight excluding hydrogens is 620 g/mol. The molecule has 0 saturated carbocycles. The fraction of sp³-hybridized carbons (Fsp3) is 0.818. The summed E-state index contributed by atoms with van der Waals surface area (Å²) in [6.45, 7) is 5.47. The fourth-order valence-corrected chi connectivity index (χ4v) is 6.78. The zero-order chi connectivity index (χ0) is 36.3. The van der Waals surface area contributed by atoms with E-state index in [0.717, 1.165) is 75.3 Å². The Morgan fingerprint density at radius 3 is 1.12 bits per heavy atom. The van der Waals surface area contributed by atoms with E-state index in [1.165, 1.54) is 116 Å². The summed E-state index contributed by atoms with van der Waals surface area (Å²) >= 11 is 0. The van der Waals surface area contributed by atoms with Crippen LogP contribution in [0.4, 0.5) is 0 Å². The van der Waals surface area contributed by atoms with Gasteiger partial charge in [-0.3, -0.25) is 9.59 Å².